The molecule has 6 heteroatoms. The first-order valence-corrected chi connectivity index (χ1v) is 10.7. The van der Waals surface area contributed by atoms with Gasteiger partial charge in [-0.1, -0.05) is 27.7 Å². The Bertz CT molecular complexity index is 906. The fraction of sp³-hybridized carbons (Fsp3) is 0.440. The number of nitrogens with one attached hydrogen (secondary N) is 2. The Balaban J connectivity index is 2.08. The van der Waals surface area contributed by atoms with E-state index in [1.807, 2.05) is 20.8 Å². The van der Waals surface area contributed by atoms with E-state index in [2.05, 4.69) is 24.5 Å². The predicted molar refractivity (Wildman–Crippen MR) is 124 cm³/mol. The van der Waals surface area contributed by atoms with E-state index < -0.39 is 0 Å². The average molecular weight is 427 g/mol. The van der Waals surface area contributed by atoms with Crippen molar-refractivity contribution in [1.82, 2.24) is 5.32 Å². The molecule has 0 unspecified atom stereocenters. The van der Waals surface area contributed by atoms with Crippen molar-refractivity contribution >= 4 is 17.5 Å². The van der Waals surface area contributed by atoms with E-state index in [0.717, 1.165) is 12.0 Å². The molecule has 0 aliphatic heterocycles. The average Bonchev–Trinajstić information content (AvgIpc) is 2.73. The van der Waals surface area contributed by atoms with Gasteiger partial charge in [0.1, 0.15) is 0 Å². The van der Waals surface area contributed by atoms with Crippen molar-refractivity contribution in [2.24, 2.45) is 11.8 Å². The van der Waals surface area contributed by atoms with Gasteiger partial charge in [-0.15, -0.1) is 0 Å². The maximum absolute atomic E-state index is 12.8. The molecule has 0 heterocycles. The second-order valence-electron chi connectivity index (χ2n) is 8.48. The van der Waals surface area contributed by atoms with Crippen molar-refractivity contribution in [3.63, 3.8) is 0 Å². The summed E-state index contributed by atoms with van der Waals surface area (Å²) in [5.41, 5.74) is 2.50. The van der Waals surface area contributed by atoms with Gasteiger partial charge in [0.25, 0.3) is 11.8 Å². The maximum atomic E-state index is 12.8. The third-order valence-corrected chi connectivity index (χ3v) is 4.79. The fourth-order valence-electron chi connectivity index (χ4n) is 2.87. The number of methoxy groups -OCH3 is 1. The van der Waals surface area contributed by atoms with Crippen LogP contribution in [0, 0.1) is 18.8 Å². The van der Waals surface area contributed by atoms with Gasteiger partial charge in [-0.2, -0.15) is 0 Å². The zero-order valence-electron chi connectivity index (χ0n) is 19.4. The molecule has 0 spiro atoms. The van der Waals surface area contributed by atoms with Crippen LogP contribution in [-0.4, -0.2) is 32.1 Å². The Hall–Kier alpha value is -3.02. The number of carbonyl (C=O) groups is 2. The summed E-state index contributed by atoms with van der Waals surface area (Å²) in [7, 11) is 1.56. The zero-order chi connectivity index (χ0) is 23.0. The molecule has 0 atom stereocenters. The van der Waals surface area contributed by atoms with Gasteiger partial charge in [0.2, 0.25) is 0 Å². The van der Waals surface area contributed by atoms with Crippen LogP contribution in [0.5, 0.6) is 11.5 Å². The first-order valence-electron chi connectivity index (χ1n) is 10.7. The summed E-state index contributed by atoms with van der Waals surface area (Å²) in [6.07, 6.45) is 0.941. The normalized spacial score (nSPS) is 10.8. The van der Waals surface area contributed by atoms with E-state index >= 15 is 0 Å². The van der Waals surface area contributed by atoms with Crippen LogP contribution in [0.2, 0.25) is 0 Å². The SMILES string of the molecule is COc1cc(C(=O)Nc2ccc(C(=O)NCC(C)C)cc2C)ccc1OCCC(C)C. The summed E-state index contributed by atoms with van der Waals surface area (Å²) < 4.78 is 11.2. The molecule has 0 fully saturated rings. The van der Waals surface area contributed by atoms with E-state index in [0.29, 0.717) is 53.3 Å². The minimum Gasteiger partial charge on any atom is -0.493 e. The van der Waals surface area contributed by atoms with Crippen molar-refractivity contribution in [2.75, 3.05) is 25.6 Å². The summed E-state index contributed by atoms with van der Waals surface area (Å²) in [5.74, 6) is 1.69. The lowest BCUT2D eigenvalue weighted by molar-refractivity contribution is 0.0948. The molecule has 2 rings (SSSR count). The van der Waals surface area contributed by atoms with Gasteiger partial charge in [0.15, 0.2) is 11.5 Å². The Kier molecular flexibility index (Phi) is 8.91. The molecule has 2 aromatic rings. The minimum absolute atomic E-state index is 0.118. The standard InChI is InChI=1S/C25H34N2O4/c1-16(2)11-12-31-22-10-8-20(14-23(22)30-6)25(29)27-21-9-7-19(13-18(21)5)24(28)26-15-17(3)4/h7-10,13-14,16-17H,11-12,15H2,1-6H3,(H,26,28)(H,27,29). The number of amides is 2. The molecule has 0 radical (unpaired) electrons. The highest BCUT2D eigenvalue weighted by molar-refractivity contribution is 6.05. The highest BCUT2D eigenvalue weighted by atomic mass is 16.5. The third-order valence-electron chi connectivity index (χ3n) is 4.79. The van der Waals surface area contributed by atoms with Gasteiger partial charge in [-0.3, -0.25) is 9.59 Å². The van der Waals surface area contributed by atoms with Crippen molar-refractivity contribution < 1.29 is 19.1 Å². The maximum Gasteiger partial charge on any atom is 0.255 e. The molecule has 0 aliphatic rings. The molecular weight excluding hydrogens is 392 g/mol. The summed E-state index contributed by atoms with van der Waals surface area (Å²) in [4.78, 5) is 25.0. The first-order chi connectivity index (χ1) is 14.7. The predicted octanol–water partition coefficient (Wildman–Crippen LogP) is 5.07. The van der Waals surface area contributed by atoms with Crippen LogP contribution in [-0.2, 0) is 0 Å². The number of hydrogen-bond acceptors (Lipinski definition) is 4. The molecule has 2 N–H and O–H groups in total. The molecule has 0 saturated carbocycles. The minimum atomic E-state index is -0.257. The molecule has 6 nitrogen and oxygen atoms in total. The highest BCUT2D eigenvalue weighted by Crippen LogP contribution is 2.29. The monoisotopic (exact) mass is 426 g/mol. The smallest absolute Gasteiger partial charge is 0.255 e. The molecule has 0 aromatic heterocycles. The number of benzene rings is 2. The summed E-state index contributed by atoms with van der Waals surface area (Å²) in [6, 6.07) is 10.4. The molecule has 2 amide bonds. The van der Waals surface area contributed by atoms with Gasteiger partial charge in [0.05, 0.1) is 13.7 Å². The number of rotatable bonds is 10. The molecule has 168 valence electrons. The quantitative estimate of drug-likeness (QED) is 0.556. The lowest BCUT2D eigenvalue weighted by Gasteiger charge is -2.14. The van der Waals surface area contributed by atoms with Gasteiger partial charge >= 0.3 is 0 Å². The molecule has 0 bridgehead atoms. The summed E-state index contributed by atoms with van der Waals surface area (Å²) in [6.45, 7) is 11.4. The third kappa shape index (κ3) is 7.31. The van der Waals surface area contributed by atoms with Gasteiger partial charge in [-0.05, 0) is 67.1 Å². The number of hydrogen-bond donors (Lipinski definition) is 2. The zero-order valence-corrected chi connectivity index (χ0v) is 19.4. The number of carbonyl (C=O) groups excluding carboxylic acids is 2. The van der Waals surface area contributed by atoms with Crippen LogP contribution >= 0.6 is 0 Å². The second-order valence-corrected chi connectivity index (χ2v) is 8.48. The van der Waals surface area contributed by atoms with Gasteiger partial charge in [0, 0.05) is 23.4 Å². The Morgan fingerprint density at radius 1 is 0.903 bits per heavy atom. The van der Waals surface area contributed by atoms with Crippen molar-refractivity contribution in [3.8, 4) is 11.5 Å². The first kappa shape index (κ1) is 24.3. The summed E-state index contributed by atoms with van der Waals surface area (Å²) in [5, 5.41) is 5.80. The topological polar surface area (TPSA) is 76.7 Å². The number of anilines is 1. The number of aryl methyl sites for hydroxylation is 1. The van der Waals surface area contributed by atoms with Crippen LogP contribution in [0.3, 0.4) is 0 Å². The lowest BCUT2D eigenvalue weighted by Crippen LogP contribution is -2.27. The molecule has 2 aromatic carbocycles. The van der Waals surface area contributed by atoms with Crippen LogP contribution in [0.1, 0.15) is 60.4 Å². The molecular formula is C25H34N2O4. The lowest BCUT2D eigenvalue weighted by atomic mass is 10.1. The van der Waals surface area contributed by atoms with E-state index in [1.54, 1.807) is 43.5 Å². The number of ether oxygens (including phenoxy) is 2. The van der Waals surface area contributed by atoms with Gasteiger partial charge < -0.3 is 20.1 Å². The Labute approximate surface area is 185 Å². The van der Waals surface area contributed by atoms with Crippen molar-refractivity contribution in [1.29, 1.82) is 0 Å². The molecule has 0 saturated heterocycles. The van der Waals surface area contributed by atoms with Gasteiger partial charge in [-0.25, -0.2) is 0 Å². The Morgan fingerprint density at radius 3 is 2.19 bits per heavy atom. The highest BCUT2D eigenvalue weighted by Gasteiger charge is 2.14. The molecule has 31 heavy (non-hydrogen) atoms. The van der Waals surface area contributed by atoms with Crippen molar-refractivity contribution in [3.05, 3.63) is 53.1 Å². The fourth-order valence-corrected chi connectivity index (χ4v) is 2.87. The van der Waals surface area contributed by atoms with E-state index in [4.69, 9.17) is 9.47 Å². The van der Waals surface area contributed by atoms with Crippen LogP contribution < -0.4 is 20.1 Å². The van der Waals surface area contributed by atoms with E-state index in [-0.39, 0.29) is 11.8 Å². The Morgan fingerprint density at radius 2 is 1.58 bits per heavy atom. The van der Waals surface area contributed by atoms with Crippen LogP contribution in [0.15, 0.2) is 36.4 Å². The van der Waals surface area contributed by atoms with Crippen molar-refractivity contribution in [2.45, 2.75) is 41.0 Å². The van der Waals surface area contributed by atoms with E-state index in [9.17, 15) is 9.59 Å². The van der Waals surface area contributed by atoms with E-state index in [1.165, 1.54) is 0 Å². The van der Waals surface area contributed by atoms with Crippen LogP contribution in [0.25, 0.3) is 0 Å². The van der Waals surface area contributed by atoms with Crippen LogP contribution in [0.4, 0.5) is 5.69 Å². The summed E-state index contributed by atoms with van der Waals surface area (Å²) >= 11 is 0. The molecule has 0 aliphatic carbocycles. The largest absolute Gasteiger partial charge is 0.493 e. The second kappa shape index (κ2) is 11.4.